The number of hydrogen-bond donors (Lipinski definition) is 1. The average Bonchev–Trinajstić information content (AvgIpc) is 2.40. The van der Waals surface area contributed by atoms with Gasteiger partial charge in [0.2, 0.25) is 0 Å². The number of hydrogen-bond acceptors (Lipinski definition) is 4. The van der Waals surface area contributed by atoms with Crippen LogP contribution in [0, 0.1) is 0 Å². The molecule has 1 aromatic carbocycles. The average molecular weight is 248 g/mol. The number of ketones is 1. The SMILES string of the molecule is COC(=O)C(=[N+]=[N-])C(=O)CC(O)c1ccccc1. The van der Waals surface area contributed by atoms with Gasteiger partial charge in [0.05, 0.1) is 13.2 Å². The number of rotatable bonds is 5. The number of aliphatic hydroxyl groups excluding tert-OH is 1. The Bertz CT molecular complexity index is 492. The molecule has 6 nitrogen and oxygen atoms in total. The quantitative estimate of drug-likeness (QED) is 0.270. The van der Waals surface area contributed by atoms with Crippen molar-refractivity contribution in [1.29, 1.82) is 0 Å². The number of ether oxygens (including phenoxy) is 1. The van der Waals surface area contributed by atoms with Crippen LogP contribution in [0.3, 0.4) is 0 Å². The van der Waals surface area contributed by atoms with Gasteiger partial charge in [0.1, 0.15) is 0 Å². The van der Waals surface area contributed by atoms with E-state index in [1.165, 1.54) is 0 Å². The lowest BCUT2D eigenvalue weighted by Gasteiger charge is -2.07. The van der Waals surface area contributed by atoms with Crippen LogP contribution in [0.1, 0.15) is 18.1 Å². The molecule has 1 rings (SSSR count). The Morgan fingerprint density at radius 3 is 2.50 bits per heavy atom. The topological polar surface area (TPSA) is 100 Å². The van der Waals surface area contributed by atoms with Crippen LogP contribution in [0.2, 0.25) is 0 Å². The molecule has 6 heteroatoms. The lowest BCUT2D eigenvalue weighted by molar-refractivity contribution is -0.140. The molecule has 0 spiro atoms. The smallest absolute Gasteiger partial charge is 0.441 e. The highest BCUT2D eigenvalue weighted by Crippen LogP contribution is 2.16. The number of carbonyl (C=O) groups excluding carboxylic acids is 2. The normalized spacial score (nSPS) is 11.2. The van der Waals surface area contributed by atoms with Gasteiger partial charge >= 0.3 is 11.7 Å². The summed E-state index contributed by atoms with van der Waals surface area (Å²) < 4.78 is 4.28. The Hall–Kier alpha value is -2.30. The molecule has 0 amide bonds. The first-order valence-electron chi connectivity index (χ1n) is 5.16. The van der Waals surface area contributed by atoms with E-state index < -0.39 is 23.6 Å². The van der Waals surface area contributed by atoms with Crippen LogP contribution in [0.25, 0.3) is 5.53 Å². The minimum absolute atomic E-state index is 0.363. The first-order chi connectivity index (χ1) is 8.60. The van der Waals surface area contributed by atoms with E-state index in [1.807, 2.05) is 0 Å². The Balaban J connectivity index is 2.77. The fraction of sp³-hybridized carbons (Fsp3) is 0.250. The molecule has 1 N–H and O–H groups in total. The molecule has 1 aromatic rings. The van der Waals surface area contributed by atoms with Gasteiger partial charge in [-0.15, -0.1) is 0 Å². The molecule has 1 atom stereocenters. The largest absolute Gasteiger partial charge is 0.460 e. The van der Waals surface area contributed by atoms with E-state index in [2.05, 4.69) is 9.53 Å². The van der Waals surface area contributed by atoms with Crippen LogP contribution >= 0.6 is 0 Å². The second kappa shape index (κ2) is 6.44. The Labute approximate surface area is 103 Å². The summed E-state index contributed by atoms with van der Waals surface area (Å²) in [6.45, 7) is 0. The van der Waals surface area contributed by atoms with Gasteiger partial charge in [0.25, 0.3) is 5.78 Å². The Morgan fingerprint density at radius 1 is 1.39 bits per heavy atom. The molecule has 0 aliphatic carbocycles. The van der Waals surface area contributed by atoms with Crippen molar-refractivity contribution in [3.05, 3.63) is 41.4 Å². The van der Waals surface area contributed by atoms with E-state index >= 15 is 0 Å². The third kappa shape index (κ3) is 3.35. The highest BCUT2D eigenvalue weighted by Gasteiger charge is 2.32. The van der Waals surface area contributed by atoms with Crippen molar-refractivity contribution in [1.82, 2.24) is 0 Å². The van der Waals surface area contributed by atoms with E-state index in [0.29, 0.717) is 5.56 Å². The summed E-state index contributed by atoms with van der Waals surface area (Å²) in [6, 6.07) is 8.49. The van der Waals surface area contributed by atoms with Gasteiger partial charge in [-0.1, -0.05) is 30.3 Å². The first-order valence-corrected chi connectivity index (χ1v) is 5.16. The molecular weight excluding hydrogens is 236 g/mol. The summed E-state index contributed by atoms with van der Waals surface area (Å²) in [7, 11) is 1.06. The van der Waals surface area contributed by atoms with Crippen LogP contribution in [0.4, 0.5) is 0 Å². The number of methoxy groups -OCH3 is 1. The van der Waals surface area contributed by atoms with Crippen molar-refractivity contribution in [2.24, 2.45) is 0 Å². The molecule has 18 heavy (non-hydrogen) atoms. The summed E-state index contributed by atoms with van der Waals surface area (Å²) in [4.78, 5) is 25.3. The van der Waals surface area contributed by atoms with Crippen molar-refractivity contribution in [2.45, 2.75) is 12.5 Å². The van der Waals surface area contributed by atoms with Gasteiger partial charge in [0.15, 0.2) is 0 Å². The zero-order valence-electron chi connectivity index (χ0n) is 9.74. The second-order valence-corrected chi connectivity index (χ2v) is 3.49. The predicted octanol–water partition coefficient (Wildman–Crippen LogP) is 0.523. The molecule has 0 aliphatic rings. The minimum atomic E-state index is -1.07. The van der Waals surface area contributed by atoms with Crippen LogP contribution in [-0.2, 0) is 14.3 Å². The molecule has 0 bridgehead atoms. The molecule has 0 radical (unpaired) electrons. The van der Waals surface area contributed by atoms with Gasteiger partial charge in [-0.3, -0.25) is 4.79 Å². The maximum atomic E-state index is 11.6. The zero-order valence-corrected chi connectivity index (χ0v) is 9.74. The van der Waals surface area contributed by atoms with Crippen molar-refractivity contribution < 1.29 is 24.2 Å². The summed E-state index contributed by atoms with van der Waals surface area (Å²) in [5.41, 5.74) is 8.37. The molecule has 0 saturated heterocycles. The van der Waals surface area contributed by atoms with Crippen molar-refractivity contribution in [2.75, 3.05) is 7.11 Å². The molecule has 0 heterocycles. The predicted molar refractivity (Wildman–Crippen MR) is 61.7 cm³/mol. The monoisotopic (exact) mass is 248 g/mol. The molecular formula is C12H12N2O4. The number of benzene rings is 1. The molecule has 0 fully saturated rings. The fourth-order valence-corrected chi connectivity index (χ4v) is 1.37. The molecule has 1 unspecified atom stereocenters. The Kier molecular flexibility index (Phi) is 4.92. The molecule has 0 aliphatic heterocycles. The number of Topliss-reactive ketones (excluding diaryl/α,β-unsaturated/α-hetero) is 1. The van der Waals surface area contributed by atoms with E-state index in [9.17, 15) is 14.7 Å². The number of carbonyl (C=O) groups is 2. The third-order valence-corrected chi connectivity index (χ3v) is 2.31. The van der Waals surface area contributed by atoms with E-state index in [1.54, 1.807) is 30.3 Å². The van der Waals surface area contributed by atoms with Gasteiger partial charge < -0.3 is 15.4 Å². The van der Waals surface area contributed by atoms with Crippen molar-refractivity contribution in [3.8, 4) is 0 Å². The van der Waals surface area contributed by atoms with E-state index in [4.69, 9.17) is 5.53 Å². The summed E-state index contributed by atoms with van der Waals surface area (Å²) >= 11 is 0. The summed E-state index contributed by atoms with van der Waals surface area (Å²) in [5, 5.41) is 9.78. The Morgan fingerprint density at radius 2 is 2.00 bits per heavy atom. The van der Waals surface area contributed by atoms with Gasteiger partial charge in [0, 0.05) is 6.42 Å². The summed E-state index contributed by atoms with van der Waals surface area (Å²) in [6.07, 6.45) is -1.43. The standard InChI is InChI=1S/C12H12N2O4/c1-18-12(17)11(14-13)10(16)7-9(15)8-5-3-2-4-6-8/h2-6,9,15H,7H2,1H3. The van der Waals surface area contributed by atoms with Gasteiger partial charge in [-0.2, -0.15) is 4.79 Å². The van der Waals surface area contributed by atoms with Crippen LogP contribution in [0.15, 0.2) is 30.3 Å². The number of aliphatic hydroxyl groups is 1. The van der Waals surface area contributed by atoms with Crippen LogP contribution in [-0.4, -0.2) is 34.5 Å². The second-order valence-electron chi connectivity index (χ2n) is 3.49. The molecule has 0 saturated carbocycles. The van der Waals surface area contributed by atoms with Crippen molar-refractivity contribution >= 4 is 17.5 Å². The minimum Gasteiger partial charge on any atom is -0.460 e. The fourth-order valence-electron chi connectivity index (χ4n) is 1.37. The maximum Gasteiger partial charge on any atom is 0.441 e. The summed E-state index contributed by atoms with van der Waals surface area (Å²) in [5.74, 6) is -1.83. The van der Waals surface area contributed by atoms with Crippen LogP contribution in [0.5, 0.6) is 0 Å². The highest BCUT2D eigenvalue weighted by molar-refractivity contribution is 6.62. The lowest BCUT2D eigenvalue weighted by Crippen LogP contribution is -2.27. The van der Waals surface area contributed by atoms with E-state index in [-0.39, 0.29) is 6.42 Å². The van der Waals surface area contributed by atoms with Gasteiger partial charge in [-0.05, 0) is 5.56 Å². The maximum absolute atomic E-state index is 11.6. The van der Waals surface area contributed by atoms with Crippen molar-refractivity contribution in [3.63, 3.8) is 0 Å². The number of esters is 1. The number of nitrogens with zero attached hydrogens (tertiary/aromatic N) is 2. The molecule has 0 aromatic heterocycles. The lowest BCUT2D eigenvalue weighted by atomic mass is 10.0. The van der Waals surface area contributed by atoms with Crippen LogP contribution < -0.4 is 0 Å². The highest BCUT2D eigenvalue weighted by atomic mass is 16.5. The van der Waals surface area contributed by atoms with E-state index in [0.717, 1.165) is 7.11 Å². The molecule has 94 valence electrons. The zero-order chi connectivity index (χ0) is 13.5. The van der Waals surface area contributed by atoms with Gasteiger partial charge in [-0.25, -0.2) is 4.79 Å². The first kappa shape index (κ1) is 13.8. The third-order valence-electron chi connectivity index (χ3n) is 2.31.